The smallest absolute Gasteiger partial charge is 0.194 e. The molecular formula is C12H20NS+. The van der Waals surface area contributed by atoms with E-state index in [1.165, 1.54) is 24.2 Å². The van der Waals surface area contributed by atoms with Gasteiger partial charge in [0, 0.05) is 12.1 Å². The van der Waals surface area contributed by atoms with E-state index in [1.54, 1.807) is 0 Å². The Morgan fingerprint density at radius 2 is 1.93 bits per heavy atom. The molecule has 0 saturated heterocycles. The zero-order valence-electron chi connectivity index (χ0n) is 9.20. The number of pyridine rings is 1. The van der Waals surface area contributed by atoms with Gasteiger partial charge in [0.1, 0.15) is 0 Å². The minimum absolute atomic E-state index is 1.09. The van der Waals surface area contributed by atoms with Crippen molar-refractivity contribution in [3.63, 3.8) is 0 Å². The van der Waals surface area contributed by atoms with Gasteiger partial charge < -0.3 is 0 Å². The van der Waals surface area contributed by atoms with Gasteiger partial charge in [0.2, 0.25) is 0 Å². The Balaban J connectivity index is 2.29. The summed E-state index contributed by atoms with van der Waals surface area (Å²) in [6.45, 7) is 4.43. The average molecular weight is 210 g/mol. The summed E-state index contributed by atoms with van der Waals surface area (Å²) in [6, 6.07) is 4.42. The highest BCUT2D eigenvalue weighted by molar-refractivity contribution is 7.98. The first kappa shape index (κ1) is 11.6. The molecule has 1 heterocycles. The van der Waals surface area contributed by atoms with Crippen LogP contribution in [0.3, 0.4) is 0 Å². The topological polar surface area (TPSA) is 3.88 Å². The molecule has 0 aliphatic rings. The maximum absolute atomic E-state index is 2.25. The third-order valence-corrected chi connectivity index (χ3v) is 3.31. The minimum atomic E-state index is 1.09. The fraction of sp³-hybridized carbons (Fsp3) is 0.583. The van der Waals surface area contributed by atoms with Crippen LogP contribution in [0, 0.1) is 0 Å². The summed E-state index contributed by atoms with van der Waals surface area (Å²) < 4.78 is 2.25. The summed E-state index contributed by atoms with van der Waals surface area (Å²) in [5.41, 5.74) is 1.42. The van der Waals surface area contributed by atoms with Gasteiger partial charge in [-0.25, -0.2) is 0 Å². The number of rotatable bonds is 6. The average Bonchev–Trinajstić information content (AvgIpc) is 2.25. The van der Waals surface area contributed by atoms with Gasteiger partial charge in [0.05, 0.1) is 0 Å². The maximum Gasteiger partial charge on any atom is 0.194 e. The predicted octanol–water partition coefficient (Wildman–Crippen LogP) is 3.03. The Morgan fingerprint density at radius 1 is 1.21 bits per heavy atom. The lowest BCUT2D eigenvalue weighted by molar-refractivity contribution is -0.676. The lowest BCUT2D eigenvalue weighted by Crippen LogP contribution is -2.31. The largest absolute Gasteiger partial charge is 0.195 e. The Bertz CT molecular complexity index is 243. The zero-order chi connectivity index (χ0) is 10.2. The first-order valence-electron chi connectivity index (χ1n) is 5.42. The van der Waals surface area contributed by atoms with Crippen LogP contribution in [0.25, 0.3) is 0 Å². The lowest BCUT2D eigenvalue weighted by atomic mass is 10.2. The van der Waals surface area contributed by atoms with Crippen molar-refractivity contribution >= 4 is 11.8 Å². The van der Waals surface area contributed by atoms with Crippen LogP contribution >= 0.6 is 11.8 Å². The van der Waals surface area contributed by atoms with E-state index in [1.807, 2.05) is 11.8 Å². The second-order valence-corrected chi connectivity index (χ2v) is 4.54. The molecule has 14 heavy (non-hydrogen) atoms. The number of thioether (sulfide) groups is 1. The van der Waals surface area contributed by atoms with Crippen molar-refractivity contribution in [1.82, 2.24) is 0 Å². The van der Waals surface area contributed by atoms with E-state index in [0.29, 0.717) is 0 Å². The Kier molecular flexibility index (Phi) is 5.69. The molecule has 0 unspecified atom stereocenters. The summed E-state index contributed by atoms with van der Waals surface area (Å²) in [7, 11) is 0. The van der Waals surface area contributed by atoms with Gasteiger partial charge in [-0.1, -0.05) is 32.0 Å². The summed E-state index contributed by atoms with van der Waals surface area (Å²) in [5, 5.41) is 0. The fourth-order valence-electron chi connectivity index (χ4n) is 1.23. The molecule has 1 nitrogen and oxygen atoms in total. The number of aromatic nitrogens is 1. The van der Waals surface area contributed by atoms with E-state index in [4.69, 9.17) is 0 Å². The molecule has 0 fully saturated rings. The molecule has 0 aliphatic carbocycles. The van der Waals surface area contributed by atoms with Crippen LogP contribution in [0.4, 0.5) is 0 Å². The minimum Gasteiger partial charge on any atom is -0.195 e. The van der Waals surface area contributed by atoms with Gasteiger partial charge in [-0.2, -0.15) is 4.57 Å². The van der Waals surface area contributed by atoms with Crippen LogP contribution in [-0.4, -0.2) is 5.75 Å². The predicted molar refractivity (Wildman–Crippen MR) is 63.4 cm³/mol. The fourth-order valence-corrected chi connectivity index (χ4v) is 2.23. The van der Waals surface area contributed by atoms with Crippen molar-refractivity contribution in [1.29, 1.82) is 0 Å². The highest BCUT2D eigenvalue weighted by Crippen LogP contribution is 2.04. The van der Waals surface area contributed by atoms with Crippen LogP contribution in [-0.2, 0) is 12.3 Å². The standard InChI is InChI=1S/C12H20NS/c1-3-5-10-14-11-13-8-6-12(4-2)7-9-13/h6-9H,3-5,10-11H2,1-2H3/q+1. The van der Waals surface area contributed by atoms with Crippen molar-refractivity contribution < 1.29 is 4.57 Å². The second kappa shape index (κ2) is 6.88. The second-order valence-electron chi connectivity index (χ2n) is 3.47. The van der Waals surface area contributed by atoms with Gasteiger partial charge in [0.25, 0.3) is 0 Å². The van der Waals surface area contributed by atoms with E-state index in [0.717, 1.165) is 12.3 Å². The first-order chi connectivity index (χ1) is 6.86. The monoisotopic (exact) mass is 210 g/mol. The normalized spacial score (nSPS) is 10.4. The zero-order valence-corrected chi connectivity index (χ0v) is 10.0. The number of unbranched alkanes of at least 4 members (excludes halogenated alkanes) is 1. The highest BCUT2D eigenvalue weighted by Gasteiger charge is 1.99. The highest BCUT2D eigenvalue weighted by atomic mass is 32.2. The molecule has 2 heteroatoms. The van der Waals surface area contributed by atoms with E-state index in [2.05, 4.69) is 42.9 Å². The molecule has 0 amide bonds. The third-order valence-electron chi connectivity index (χ3n) is 2.25. The molecule has 0 bridgehead atoms. The molecule has 78 valence electrons. The number of hydrogen-bond donors (Lipinski definition) is 0. The van der Waals surface area contributed by atoms with Gasteiger partial charge in [-0.05, 0) is 24.2 Å². The van der Waals surface area contributed by atoms with Gasteiger partial charge in [-0.3, -0.25) is 0 Å². The van der Waals surface area contributed by atoms with E-state index >= 15 is 0 Å². The molecule has 0 N–H and O–H groups in total. The molecule has 0 aromatic carbocycles. The Morgan fingerprint density at radius 3 is 2.50 bits per heavy atom. The van der Waals surface area contributed by atoms with Gasteiger partial charge >= 0.3 is 0 Å². The molecule has 1 rings (SSSR count). The van der Waals surface area contributed by atoms with E-state index in [9.17, 15) is 0 Å². The molecular weight excluding hydrogens is 190 g/mol. The van der Waals surface area contributed by atoms with Crippen LogP contribution in [0.15, 0.2) is 24.5 Å². The lowest BCUT2D eigenvalue weighted by Gasteiger charge is -1.98. The van der Waals surface area contributed by atoms with Crippen molar-refractivity contribution in [2.75, 3.05) is 5.75 Å². The Labute approximate surface area is 91.5 Å². The quantitative estimate of drug-likeness (QED) is 0.515. The molecule has 0 spiro atoms. The molecule has 0 radical (unpaired) electrons. The first-order valence-corrected chi connectivity index (χ1v) is 6.58. The number of hydrogen-bond acceptors (Lipinski definition) is 1. The summed E-state index contributed by atoms with van der Waals surface area (Å²) >= 11 is 2.01. The van der Waals surface area contributed by atoms with Gasteiger partial charge in [0.15, 0.2) is 18.3 Å². The third kappa shape index (κ3) is 4.14. The molecule has 1 aromatic rings. The summed E-state index contributed by atoms with van der Waals surface area (Å²) in [6.07, 6.45) is 8.12. The summed E-state index contributed by atoms with van der Waals surface area (Å²) in [4.78, 5) is 0. The number of aryl methyl sites for hydroxylation is 1. The molecule has 0 atom stereocenters. The van der Waals surface area contributed by atoms with Gasteiger partial charge in [-0.15, -0.1) is 0 Å². The van der Waals surface area contributed by atoms with E-state index < -0.39 is 0 Å². The van der Waals surface area contributed by atoms with Crippen molar-refractivity contribution in [2.24, 2.45) is 0 Å². The van der Waals surface area contributed by atoms with Crippen LogP contribution in [0.1, 0.15) is 32.3 Å². The molecule has 0 saturated carbocycles. The maximum atomic E-state index is 2.25. The molecule has 0 aliphatic heterocycles. The summed E-state index contributed by atoms with van der Waals surface area (Å²) in [5.74, 6) is 2.36. The van der Waals surface area contributed by atoms with Crippen LogP contribution in [0.5, 0.6) is 0 Å². The van der Waals surface area contributed by atoms with E-state index in [-0.39, 0.29) is 0 Å². The van der Waals surface area contributed by atoms with Crippen LogP contribution < -0.4 is 4.57 Å². The SMILES string of the molecule is CCCCSC[n+]1ccc(CC)cc1. The number of nitrogens with zero attached hydrogens (tertiary/aromatic N) is 1. The van der Waals surface area contributed by atoms with Crippen LogP contribution in [0.2, 0.25) is 0 Å². The Hall–Kier alpha value is -0.500. The molecule has 1 aromatic heterocycles. The van der Waals surface area contributed by atoms with Crippen molar-refractivity contribution in [2.45, 2.75) is 39.0 Å². The van der Waals surface area contributed by atoms with Crippen molar-refractivity contribution in [3.05, 3.63) is 30.1 Å². The van der Waals surface area contributed by atoms with Crippen molar-refractivity contribution in [3.8, 4) is 0 Å².